The number of rotatable bonds is 4. The lowest BCUT2D eigenvalue weighted by Gasteiger charge is -2.29. The van der Waals surface area contributed by atoms with Crippen LogP contribution in [0, 0.1) is 11.8 Å². The van der Waals surface area contributed by atoms with E-state index >= 15 is 0 Å². The van der Waals surface area contributed by atoms with Crippen molar-refractivity contribution in [1.82, 2.24) is 0 Å². The molecule has 1 aliphatic rings. The smallest absolute Gasteiger partial charge is 0.240 e. The molecule has 1 aliphatic carbocycles. The summed E-state index contributed by atoms with van der Waals surface area (Å²) in [6.07, 6.45) is 5.06. The van der Waals surface area contributed by atoms with Crippen LogP contribution in [-0.4, -0.2) is 15.0 Å². The molecule has 1 aromatic carbocycles. The van der Waals surface area contributed by atoms with Gasteiger partial charge in [0.25, 0.3) is 0 Å². The quantitative estimate of drug-likeness (QED) is 0.891. The number of hydrogen-bond donors (Lipinski definition) is 2. The third kappa shape index (κ3) is 3.70. The van der Waals surface area contributed by atoms with E-state index in [0.29, 0.717) is 17.5 Å². The van der Waals surface area contributed by atoms with Crippen molar-refractivity contribution in [3.63, 3.8) is 0 Å². The summed E-state index contributed by atoms with van der Waals surface area (Å²) in [4.78, 5) is 0.179. The zero-order valence-corrected chi connectivity index (χ0v) is 12.1. The highest BCUT2D eigenvalue weighted by atomic mass is 32.2. The molecular formula is C14H22N2O2S. The maximum absolute atomic E-state index is 11.5. The molecule has 1 aromatic rings. The number of nitrogens with two attached hydrogens (primary N) is 1. The van der Waals surface area contributed by atoms with Crippen LogP contribution in [0.2, 0.25) is 0 Å². The predicted octanol–water partition coefficient (Wildman–Crippen LogP) is 2.57. The number of primary sulfonamides is 1. The molecule has 0 spiro atoms. The maximum Gasteiger partial charge on any atom is 0.240 e. The molecule has 4 nitrogen and oxygen atoms in total. The minimum absolute atomic E-state index is 0.179. The summed E-state index contributed by atoms with van der Waals surface area (Å²) in [5, 5.41) is 8.49. The molecule has 0 bridgehead atoms. The van der Waals surface area contributed by atoms with Gasteiger partial charge in [0.2, 0.25) is 10.0 Å². The van der Waals surface area contributed by atoms with Crippen LogP contribution in [0.15, 0.2) is 29.2 Å². The lowest BCUT2D eigenvalue weighted by molar-refractivity contribution is 0.268. The van der Waals surface area contributed by atoms with Crippen molar-refractivity contribution in [3.05, 3.63) is 24.3 Å². The SMILES string of the molecule is CC1CCCCC1CNc1ccccc1S(N)(=O)=O. The first kappa shape index (κ1) is 14.3. The van der Waals surface area contributed by atoms with Gasteiger partial charge in [0.1, 0.15) is 4.90 Å². The van der Waals surface area contributed by atoms with Crippen molar-refractivity contribution in [2.75, 3.05) is 11.9 Å². The average molecular weight is 282 g/mol. The molecule has 0 radical (unpaired) electrons. The van der Waals surface area contributed by atoms with Crippen molar-refractivity contribution in [3.8, 4) is 0 Å². The summed E-state index contributed by atoms with van der Waals surface area (Å²) in [5.74, 6) is 1.31. The third-order valence-corrected chi connectivity index (χ3v) is 5.01. The second-order valence-corrected chi connectivity index (χ2v) is 6.97. The first-order valence-electron chi connectivity index (χ1n) is 6.84. The average Bonchev–Trinajstić information content (AvgIpc) is 2.37. The highest BCUT2D eigenvalue weighted by Gasteiger charge is 2.21. The van der Waals surface area contributed by atoms with Gasteiger partial charge < -0.3 is 5.32 Å². The lowest BCUT2D eigenvalue weighted by Crippen LogP contribution is -2.25. The molecular weight excluding hydrogens is 260 g/mol. The monoisotopic (exact) mass is 282 g/mol. The van der Waals surface area contributed by atoms with Crippen LogP contribution in [0.25, 0.3) is 0 Å². The molecule has 0 heterocycles. The number of anilines is 1. The van der Waals surface area contributed by atoms with Gasteiger partial charge >= 0.3 is 0 Å². The van der Waals surface area contributed by atoms with Crippen LogP contribution in [0.1, 0.15) is 32.6 Å². The predicted molar refractivity (Wildman–Crippen MR) is 77.4 cm³/mol. The summed E-state index contributed by atoms with van der Waals surface area (Å²) >= 11 is 0. The largest absolute Gasteiger partial charge is 0.384 e. The Kier molecular flexibility index (Phi) is 4.47. The first-order chi connectivity index (χ1) is 8.98. The van der Waals surface area contributed by atoms with Gasteiger partial charge in [-0.15, -0.1) is 0 Å². The van der Waals surface area contributed by atoms with Gasteiger partial charge in [-0.1, -0.05) is 38.3 Å². The number of para-hydroxylation sites is 1. The minimum Gasteiger partial charge on any atom is -0.384 e. The number of benzene rings is 1. The van der Waals surface area contributed by atoms with E-state index in [1.807, 2.05) is 6.07 Å². The number of nitrogens with one attached hydrogen (secondary N) is 1. The molecule has 0 saturated heterocycles. The van der Waals surface area contributed by atoms with E-state index in [9.17, 15) is 8.42 Å². The highest BCUT2D eigenvalue weighted by molar-refractivity contribution is 7.89. The van der Waals surface area contributed by atoms with Crippen molar-refractivity contribution < 1.29 is 8.42 Å². The van der Waals surface area contributed by atoms with Gasteiger partial charge in [-0.2, -0.15) is 0 Å². The molecule has 0 aromatic heterocycles. The second kappa shape index (κ2) is 5.92. The second-order valence-electron chi connectivity index (χ2n) is 5.44. The Balaban J connectivity index is 2.07. The van der Waals surface area contributed by atoms with E-state index in [0.717, 1.165) is 6.54 Å². The van der Waals surface area contributed by atoms with Crippen LogP contribution in [0.5, 0.6) is 0 Å². The Morgan fingerprint density at radius 2 is 1.95 bits per heavy atom. The Hall–Kier alpha value is -1.07. The van der Waals surface area contributed by atoms with Crippen molar-refractivity contribution in [1.29, 1.82) is 0 Å². The molecule has 0 aliphatic heterocycles. The van der Waals surface area contributed by atoms with Crippen LogP contribution >= 0.6 is 0 Å². The lowest BCUT2D eigenvalue weighted by atomic mass is 9.80. The van der Waals surface area contributed by atoms with Crippen molar-refractivity contribution >= 4 is 15.7 Å². The molecule has 1 saturated carbocycles. The standard InChI is InChI=1S/C14H22N2O2S/c1-11-6-2-3-7-12(11)10-16-13-8-4-5-9-14(13)19(15,17)18/h4-5,8-9,11-12,16H,2-3,6-7,10H2,1H3,(H2,15,17,18). The third-order valence-electron chi connectivity index (χ3n) is 4.04. The summed E-state index contributed by atoms with van der Waals surface area (Å²) in [6, 6.07) is 6.82. The first-order valence-corrected chi connectivity index (χ1v) is 8.39. The van der Waals surface area contributed by atoms with Gasteiger partial charge in [0.05, 0.1) is 5.69 Å². The molecule has 2 unspecified atom stereocenters. The Bertz CT molecular complexity index is 528. The zero-order valence-electron chi connectivity index (χ0n) is 11.3. The topological polar surface area (TPSA) is 72.2 Å². The number of hydrogen-bond acceptors (Lipinski definition) is 3. The van der Waals surface area contributed by atoms with Crippen LogP contribution in [0.3, 0.4) is 0 Å². The van der Waals surface area contributed by atoms with Gasteiger partial charge in [-0.3, -0.25) is 0 Å². The van der Waals surface area contributed by atoms with E-state index in [2.05, 4.69) is 12.2 Å². The fourth-order valence-corrected chi connectivity index (χ4v) is 3.51. The normalized spacial score (nSPS) is 24.1. The van der Waals surface area contributed by atoms with E-state index < -0.39 is 10.0 Å². The van der Waals surface area contributed by atoms with Crippen LogP contribution in [-0.2, 0) is 10.0 Å². The summed E-state index contributed by atoms with van der Waals surface area (Å²) in [6.45, 7) is 3.09. The molecule has 2 rings (SSSR count). The summed E-state index contributed by atoms with van der Waals surface area (Å²) < 4.78 is 23.0. The highest BCUT2D eigenvalue weighted by Crippen LogP contribution is 2.30. The molecule has 0 amide bonds. The van der Waals surface area contributed by atoms with Crippen LogP contribution < -0.4 is 10.5 Å². The summed E-state index contributed by atoms with van der Waals surface area (Å²) in [7, 11) is -3.66. The minimum atomic E-state index is -3.66. The Morgan fingerprint density at radius 3 is 2.63 bits per heavy atom. The number of sulfonamides is 1. The Morgan fingerprint density at radius 1 is 1.26 bits per heavy atom. The molecule has 5 heteroatoms. The molecule has 2 atom stereocenters. The molecule has 19 heavy (non-hydrogen) atoms. The maximum atomic E-state index is 11.5. The summed E-state index contributed by atoms with van der Waals surface area (Å²) in [5.41, 5.74) is 0.614. The molecule has 1 fully saturated rings. The van der Waals surface area contributed by atoms with Crippen molar-refractivity contribution in [2.24, 2.45) is 17.0 Å². The van der Waals surface area contributed by atoms with Gasteiger partial charge in [-0.25, -0.2) is 13.6 Å². The van der Waals surface area contributed by atoms with Gasteiger partial charge in [0.15, 0.2) is 0 Å². The Labute approximate surface area is 115 Å². The van der Waals surface area contributed by atoms with Gasteiger partial charge in [-0.05, 0) is 30.4 Å². The van der Waals surface area contributed by atoms with E-state index in [4.69, 9.17) is 5.14 Å². The van der Waals surface area contributed by atoms with Crippen molar-refractivity contribution in [2.45, 2.75) is 37.5 Å². The van der Waals surface area contributed by atoms with E-state index in [1.165, 1.54) is 25.7 Å². The fourth-order valence-electron chi connectivity index (χ4n) is 2.80. The fraction of sp³-hybridized carbons (Fsp3) is 0.571. The molecule has 106 valence electrons. The van der Waals surface area contributed by atoms with E-state index in [1.54, 1.807) is 18.2 Å². The van der Waals surface area contributed by atoms with Crippen LogP contribution in [0.4, 0.5) is 5.69 Å². The molecule has 3 N–H and O–H groups in total. The van der Waals surface area contributed by atoms with E-state index in [-0.39, 0.29) is 4.90 Å². The zero-order chi connectivity index (χ0) is 13.9. The van der Waals surface area contributed by atoms with Gasteiger partial charge in [0, 0.05) is 6.54 Å².